The van der Waals surface area contributed by atoms with Crippen LogP contribution >= 0.6 is 0 Å². The minimum Gasteiger partial charge on any atom is -0.372 e. The van der Waals surface area contributed by atoms with Gasteiger partial charge in [0.1, 0.15) is 5.65 Å². The van der Waals surface area contributed by atoms with Gasteiger partial charge in [0, 0.05) is 42.8 Å². The number of nitrogens with zero attached hydrogens (tertiary/aromatic N) is 3. The number of carbonyl (C=O) groups is 1. The van der Waals surface area contributed by atoms with Gasteiger partial charge in [0.25, 0.3) is 0 Å². The van der Waals surface area contributed by atoms with Crippen LogP contribution in [-0.4, -0.2) is 28.4 Å². The van der Waals surface area contributed by atoms with Crippen molar-refractivity contribution in [1.29, 1.82) is 0 Å². The summed E-state index contributed by atoms with van der Waals surface area (Å²) in [5, 5.41) is 3.00. The van der Waals surface area contributed by atoms with Crippen molar-refractivity contribution in [2.24, 2.45) is 0 Å². The molecule has 0 unspecified atom stereocenters. The zero-order chi connectivity index (χ0) is 17.9. The number of fused-ring (bicyclic) bond motifs is 1. The summed E-state index contributed by atoms with van der Waals surface area (Å²) in [5.41, 5.74) is 5.10. The van der Waals surface area contributed by atoms with Gasteiger partial charge < -0.3 is 14.6 Å². The van der Waals surface area contributed by atoms with Gasteiger partial charge in [0.15, 0.2) is 0 Å². The summed E-state index contributed by atoms with van der Waals surface area (Å²) in [6.45, 7) is 4.26. The first kappa shape index (κ1) is 16.6. The molecular formula is C21H24N4O. The molecule has 1 saturated heterocycles. The molecule has 1 amide bonds. The first-order valence-corrected chi connectivity index (χ1v) is 9.28. The Morgan fingerprint density at radius 2 is 1.88 bits per heavy atom. The maximum absolute atomic E-state index is 12.3. The molecule has 3 heterocycles. The lowest BCUT2D eigenvalue weighted by atomic mass is 10.2. The highest BCUT2D eigenvalue weighted by molar-refractivity contribution is 5.91. The number of rotatable bonds is 5. The second-order valence-corrected chi connectivity index (χ2v) is 6.86. The van der Waals surface area contributed by atoms with Crippen LogP contribution in [0.2, 0.25) is 0 Å². The van der Waals surface area contributed by atoms with E-state index in [9.17, 15) is 4.79 Å². The van der Waals surface area contributed by atoms with Gasteiger partial charge in [-0.15, -0.1) is 0 Å². The summed E-state index contributed by atoms with van der Waals surface area (Å²) in [6, 6.07) is 14.1. The second kappa shape index (κ2) is 7.20. The molecule has 1 N–H and O–H groups in total. The predicted octanol–water partition coefficient (Wildman–Crippen LogP) is 3.81. The molecule has 0 bridgehead atoms. The lowest BCUT2D eigenvalue weighted by molar-refractivity contribution is -0.116. The summed E-state index contributed by atoms with van der Waals surface area (Å²) in [7, 11) is 0. The molecule has 1 aliphatic heterocycles. The topological polar surface area (TPSA) is 49.6 Å². The van der Waals surface area contributed by atoms with Crippen LogP contribution in [0.15, 0.2) is 48.7 Å². The van der Waals surface area contributed by atoms with Crippen LogP contribution in [0.1, 0.15) is 30.7 Å². The van der Waals surface area contributed by atoms with Crippen LogP contribution in [0, 0.1) is 6.92 Å². The van der Waals surface area contributed by atoms with Crippen molar-refractivity contribution in [2.45, 2.75) is 32.6 Å². The number of hydrogen-bond donors (Lipinski definition) is 1. The number of pyridine rings is 1. The minimum absolute atomic E-state index is 0.0317. The Hall–Kier alpha value is -2.82. The Labute approximate surface area is 153 Å². The Balaban J connectivity index is 1.37. The van der Waals surface area contributed by atoms with Gasteiger partial charge in [-0.1, -0.05) is 6.07 Å². The van der Waals surface area contributed by atoms with Crippen molar-refractivity contribution >= 4 is 22.9 Å². The molecule has 1 fully saturated rings. The molecule has 0 aliphatic carbocycles. The van der Waals surface area contributed by atoms with Crippen molar-refractivity contribution in [3.8, 4) is 0 Å². The average molecular weight is 348 g/mol. The Morgan fingerprint density at radius 3 is 2.65 bits per heavy atom. The third-order valence-electron chi connectivity index (χ3n) is 5.04. The fourth-order valence-electron chi connectivity index (χ4n) is 3.65. The van der Waals surface area contributed by atoms with E-state index >= 15 is 0 Å². The number of aromatic nitrogens is 2. The monoisotopic (exact) mass is 348 g/mol. The number of carbonyl (C=O) groups excluding carboxylic acids is 1. The summed E-state index contributed by atoms with van der Waals surface area (Å²) in [5.74, 6) is 0.0317. The molecule has 2 aromatic heterocycles. The highest BCUT2D eigenvalue weighted by atomic mass is 16.1. The van der Waals surface area contributed by atoms with E-state index < -0.39 is 0 Å². The van der Waals surface area contributed by atoms with Crippen molar-refractivity contribution in [2.75, 3.05) is 23.3 Å². The lowest BCUT2D eigenvalue weighted by Gasteiger charge is -2.17. The molecule has 0 saturated carbocycles. The third-order valence-corrected chi connectivity index (χ3v) is 5.04. The van der Waals surface area contributed by atoms with Gasteiger partial charge in [0.05, 0.1) is 5.69 Å². The SMILES string of the molecule is Cc1nc2ccccn2c1CCC(=O)Nc1ccc(N2CCCC2)cc1. The Bertz CT molecular complexity index is 907. The summed E-state index contributed by atoms with van der Waals surface area (Å²) >= 11 is 0. The normalized spacial score (nSPS) is 14.1. The molecule has 0 radical (unpaired) electrons. The summed E-state index contributed by atoms with van der Waals surface area (Å²) in [4.78, 5) is 19.3. The summed E-state index contributed by atoms with van der Waals surface area (Å²) in [6.07, 6.45) is 5.65. The van der Waals surface area contributed by atoms with Gasteiger partial charge in [-0.05, 0) is 62.6 Å². The van der Waals surface area contributed by atoms with Gasteiger partial charge in [0.2, 0.25) is 5.91 Å². The molecule has 0 atom stereocenters. The fourth-order valence-corrected chi connectivity index (χ4v) is 3.65. The Morgan fingerprint density at radius 1 is 1.12 bits per heavy atom. The van der Waals surface area contributed by atoms with Crippen LogP contribution < -0.4 is 10.2 Å². The molecule has 1 aliphatic rings. The van der Waals surface area contributed by atoms with Crippen LogP contribution in [0.5, 0.6) is 0 Å². The highest BCUT2D eigenvalue weighted by Crippen LogP contribution is 2.22. The van der Waals surface area contributed by atoms with E-state index in [1.807, 2.05) is 43.5 Å². The maximum atomic E-state index is 12.3. The van der Waals surface area contributed by atoms with Gasteiger partial charge in [-0.2, -0.15) is 0 Å². The quantitative estimate of drug-likeness (QED) is 0.763. The number of nitrogens with one attached hydrogen (secondary N) is 1. The molecule has 5 heteroatoms. The first-order chi connectivity index (χ1) is 12.7. The number of hydrogen-bond acceptors (Lipinski definition) is 3. The molecule has 3 aromatic rings. The first-order valence-electron chi connectivity index (χ1n) is 9.28. The summed E-state index contributed by atoms with van der Waals surface area (Å²) < 4.78 is 2.06. The fraction of sp³-hybridized carbons (Fsp3) is 0.333. The van der Waals surface area contributed by atoms with E-state index in [0.717, 1.165) is 35.8 Å². The highest BCUT2D eigenvalue weighted by Gasteiger charge is 2.13. The smallest absolute Gasteiger partial charge is 0.224 e. The molecule has 0 spiro atoms. The van der Waals surface area contributed by atoms with Crippen molar-refractivity contribution < 1.29 is 4.79 Å². The van der Waals surface area contributed by atoms with Gasteiger partial charge in [-0.3, -0.25) is 4.79 Å². The van der Waals surface area contributed by atoms with Crippen molar-refractivity contribution in [1.82, 2.24) is 9.38 Å². The average Bonchev–Trinajstić information content (AvgIpc) is 3.28. The number of anilines is 2. The number of benzene rings is 1. The maximum Gasteiger partial charge on any atom is 0.224 e. The van der Waals surface area contributed by atoms with Crippen LogP contribution in [0.25, 0.3) is 5.65 Å². The largest absolute Gasteiger partial charge is 0.372 e. The van der Waals surface area contributed by atoms with Crippen molar-refractivity contribution in [3.63, 3.8) is 0 Å². The predicted molar refractivity (Wildman–Crippen MR) is 105 cm³/mol. The third kappa shape index (κ3) is 3.43. The molecule has 134 valence electrons. The zero-order valence-electron chi connectivity index (χ0n) is 15.1. The van der Waals surface area contributed by atoms with Crippen LogP contribution in [-0.2, 0) is 11.2 Å². The van der Waals surface area contributed by atoms with E-state index in [-0.39, 0.29) is 5.91 Å². The van der Waals surface area contributed by atoms with Gasteiger partial charge in [-0.25, -0.2) is 4.98 Å². The van der Waals surface area contributed by atoms with Crippen molar-refractivity contribution in [3.05, 3.63) is 60.0 Å². The van der Waals surface area contributed by atoms with Crippen LogP contribution in [0.3, 0.4) is 0 Å². The number of aryl methyl sites for hydroxylation is 2. The molecular weight excluding hydrogens is 324 g/mol. The van der Waals surface area contributed by atoms with E-state index in [1.165, 1.54) is 18.5 Å². The van der Waals surface area contributed by atoms with E-state index in [1.54, 1.807) is 0 Å². The Kier molecular flexibility index (Phi) is 4.61. The number of imidazole rings is 1. The standard InChI is InChI=1S/C21H24N4O/c1-16-19(25-15-3-2-6-20(25)22-16)11-12-21(26)23-17-7-9-18(10-8-17)24-13-4-5-14-24/h2-3,6-10,15H,4-5,11-14H2,1H3,(H,23,26). The number of amides is 1. The lowest BCUT2D eigenvalue weighted by Crippen LogP contribution is -2.17. The van der Waals surface area contributed by atoms with E-state index in [0.29, 0.717) is 12.8 Å². The van der Waals surface area contributed by atoms with E-state index in [2.05, 4.69) is 31.7 Å². The molecule has 26 heavy (non-hydrogen) atoms. The second-order valence-electron chi connectivity index (χ2n) is 6.86. The minimum atomic E-state index is 0.0317. The molecule has 1 aromatic carbocycles. The molecule has 5 nitrogen and oxygen atoms in total. The van der Waals surface area contributed by atoms with Gasteiger partial charge >= 0.3 is 0 Å². The van der Waals surface area contributed by atoms with E-state index in [4.69, 9.17) is 0 Å². The van der Waals surface area contributed by atoms with Crippen LogP contribution in [0.4, 0.5) is 11.4 Å². The zero-order valence-corrected chi connectivity index (χ0v) is 15.1. The molecule has 4 rings (SSSR count).